The number of ketones is 1. The lowest BCUT2D eigenvalue weighted by Crippen LogP contribution is -2.00. The van der Waals surface area contributed by atoms with Gasteiger partial charge in [0, 0.05) is 29.3 Å². The Labute approximate surface area is 130 Å². The number of benzene rings is 2. The van der Waals surface area contributed by atoms with Crippen molar-refractivity contribution in [2.24, 2.45) is 0 Å². The maximum absolute atomic E-state index is 12.0. The quantitative estimate of drug-likeness (QED) is 0.452. The van der Waals surface area contributed by atoms with Gasteiger partial charge in [-0.05, 0) is 17.3 Å². The van der Waals surface area contributed by atoms with E-state index < -0.39 is 4.92 Å². The van der Waals surface area contributed by atoms with Gasteiger partial charge in [-0.15, -0.1) is 0 Å². The highest BCUT2D eigenvalue weighted by Crippen LogP contribution is 2.15. The van der Waals surface area contributed by atoms with Gasteiger partial charge in [-0.3, -0.25) is 14.9 Å². The Morgan fingerprint density at radius 3 is 2.04 bits per heavy atom. The van der Waals surface area contributed by atoms with Crippen molar-refractivity contribution in [3.63, 3.8) is 0 Å². The molecule has 3 rings (SSSR count). The molecule has 0 aliphatic carbocycles. The lowest BCUT2D eigenvalue weighted by atomic mass is 10.0. The van der Waals surface area contributed by atoms with Crippen LogP contribution in [0, 0.1) is 10.1 Å². The largest absolute Gasteiger partial charge is 0.491 e. The Kier molecular flexibility index (Phi) is 5.19. The normalized spacial score (nSPS) is 9.57. The van der Waals surface area contributed by atoms with E-state index in [1.165, 1.54) is 36.6 Å². The van der Waals surface area contributed by atoms with Crippen LogP contribution in [0.4, 0.5) is 5.69 Å². The molecule has 0 fully saturated rings. The van der Waals surface area contributed by atoms with Crippen LogP contribution in [0.5, 0.6) is 5.88 Å². The minimum atomic E-state index is -0.489. The summed E-state index contributed by atoms with van der Waals surface area (Å²) in [6.45, 7) is 0. The molecule has 0 saturated carbocycles. The third-order valence-electron chi connectivity index (χ3n) is 2.80. The SMILES string of the molecule is O=C(c1ccccc1)c1ccc([N+](=O)[O-])cc1.Oc1ccon1. The number of non-ortho nitro benzene ring substituents is 1. The predicted molar refractivity (Wildman–Crippen MR) is 81.1 cm³/mol. The van der Waals surface area contributed by atoms with E-state index in [1.54, 1.807) is 24.3 Å². The average Bonchev–Trinajstić information content (AvgIpc) is 3.06. The van der Waals surface area contributed by atoms with Crippen molar-refractivity contribution in [2.75, 3.05) is 0 Å². The minimum Gasteiger partial charge on any atom is -0.491 e. The van der Waals surface area contributed by atoms with Gasteiger partial charge in [-0.2, -0.15) is 0 Å². The maximum atomic E-state index is 12.0. The summed E-state index contributed by atoms with van der Waals surface area (Å²) in [4.78, 5) is 21.9. The Morgan fingerprint density at radius 1 is 1.00 bits per heavy atom. The summed E-state index contributed by atoms with van der Waals surface area (Å²) in [5, 5.41) is 21.8. The number of hydrogen-bond donors (Lipinski definition) is 1. The van der Waals surface area contributed by atoms with E-state index in [0.717, 1.165) is 0 Å². The number of nitro benzene ring substituents is 1. The van der Waals surface area contributed by atoms with Crippen LogP contribution in [0.2, 0.25) is 0 Å². The molecule has 1 heterocycles. The van der Waals surface area contributed by atoms with E-state index in [2.05, 4.69) is 9.68 Å². The zero-order chi connectivity index (χ0) is 16.7. The molecule has 1 N–H and O–H groups in total. The van der Waals surface area contributed by atoms with Crippen LogP contribution in [-0.4, -0.2) is 21.0 Å². The standard InChI is InChI=1S/C13H9NO3.C3H3NO2/c15-13(10-4-2-1-3-5-10)11-6-8-12(9-7-11)14(16)17;5-3-1-2-6-4-3/h1-9H;1-2H,(H,4,5). The van der Waals surface area contributed by atoms with Crippen LogP contribution >= 0.6 is 0 Å². The molecule has 1 aromatic heterocycles. The molecule has 116 valence electrons. The van der Waals surface area contributed by atoms with Crippen molar-refractivity contribution in [1.29, 1.82) is 0 Å². The number of nitrogens with zero attached hydrogens (tertiary/aromatic N) is 2. The smallest absolute Gasteiger partial charge is 0.269 e. The monoisotopic (exact) mass is 312 g/mol. The van der Waals surface area contributed by atoms with Crippen LogP contribution in [-0.2, 0) is 0 Å². The summed E-state index contributed by atoms with van der Waals surface area (Å²) in [7, 11) is 0. The van der Waals surface area contributed by atoms with Gasteiger partial charge in [0.1, 0.15) is 6.26 Å². The van der Waals surface area contributed by atoms with Gasteiger partial charge in [-0.1, -0.05) is 30.3 Å². The molecule has 0 aliphatic heterocycles. The molecule has 0 unspecified atom stereocenters. The number of aromatic hydroxyl groups is 1. The second-order valence-electron chi connectivity index (χ2n) is 4.36. The lowest BCUT2D eigenvalue weighted by molar-refractivity contribution is -0.384. The first-order valence-electron chi connectivity index (χ1n) is 6.51. The molecule has 0 atom stereocenters. The van der Waals surface area contributed by atoms with Crippen LogP contribution in [0.15, 0.2) is 71.4 Å². The maximum Gasteiger partial charge on any atom is 0.269 e. The van der Waals surface area contributed by atoms with Gasteiger partial charge in [-0.25, -0.2) is 0 Å². The van der Waals surface area contributed by atoms with Gasteiger partial charge in [0.15, 0.2) is 5.78 Å². The van der Waals surface area contributed by atoms with Gasteiger partial charge < -0.3 is 9.63 Å². The highest BCUT2D eigenvalue weighted by Gasteiger charge is 2.10. The van der Waals surface area contributed by atoms with E-state index in [9.17, 15) is 14.9 Å². The first-order chi connectivity index (χ1) is 11.1. The number of aromatic nitrogens is 1. The zero-order valence-corrected chi connectivity index (χ0v) is 11.8. The molecule has 0 bridgehead atoms. The lowest BCUT2D eigenvalue weighted by Gasteiger charge is -2.00. The van der Waals surface area contributed by atoms with Crippen molar-refractivity contribution in [3.05, 3.63) is 88.2 Å². The van der Waals surface area contributed by atoms with Gasteiger partial charge >= 0.3 is 0 Å². The van der Waals surface area contributed by atoms with Crippen molar-refractivity contribution < 1.29 is 19.3 Å². The van der Waals surface area contributed by atoms with Crippen LogP contribution in [0.3, 0.4) is 0 Å². The minimum absolute atomic E-state index is 0.0189. The van der Waals surface area contributed by atoms with Crippen molar-refractivity contribution in [1.82, 2.24) is 5.16 Å². The van der Waals surface area contributed by atoms with Gasteiger partial charge in [0.05, 0.1) is 4.92 Å². The third kappa shape index (κ3) is 4.50. The molecule has 23 heavy (non-hydrogen) atoms. The van der Waals surface area contributed by atoms with Crippen molar-refractivity contribution in [3.8, 4) is 5.88 Å². The van der Waals surface area contributed by atoms with Crippen molar-refractivity contribution in [2.45, 2.75) is 0 Å². The molecule has 7 heteroatoms. The first-order valence-corrected chi connectivity index (χ1v) is 6.51. The second kappa shape index (κ2) is 7.51. The molecule has 0 radical (unpaired) electrons. The fourth-order valence-electron chi connectivity index (χ4n) is 1.70. The van der Waals surface area contributed by atoms with E-state index in [1.807, 2.05) is 6.07 Å². The molecule has 3 aromatic rings. The van der Waals surface area contributed by atoms with Crippen molar-refractivity contribution >= 4 is 11.5 Å². The summed E-state index contributed by atoms with van der Waals surface area (Å²) in [5.74, 6) is -0.213. The summed E-state index contributed by atoms with van der Waals surface area (Å²) < 4.78 is 4.21. The van der Waals surface area contributed by atoms with Crippen LogP contribution < -0.4 is 0 Å². The average molecular weight is 312 g/mol. The molecular formula is C16H12N2O5. The fourth-order valence-corrected chi connectivity index (χ4v) is 1.70. The van der Waals surface area contributed by atoms with E-state index in [4.69, 9.17) is 5.11 Å². The van der Waals surface area contributed by atoms with Gasteiger partial charge in [0.25, 0.3) is 11.6 Å². The van der Waals surface area contributed by atoms with E-state index in [0.29, 0.717) is 11.1 Å². The summed E-state index contributed by atoms with van der Waals surface area (Å²) in [6, 6.07) is 15.8. The van der Waals surface area contributed by atoms with E-state index >= 15 is 0 Å². The Balaban J connectivity index is 0.000000268. The number of rotatable bonds is 3. The molecule has 0 aliphatic rings. The Hall–Kier alpha value is -3.48. The summed E-state index contributed by atoms with van der Waals surface area (Å²) in [5.41, 5.74) is 0.998. The Morgan fingerprint density at radius 2 is 1.61 bits per heavy atom. The third-order valence-corrected chi connectivity index (χ3v) is 2.80. The molecule has 0 amide bonds. The van der Waals surface area contributed by atoms with E-state index in [-0.39, 0.29) is 17.4 Å². The Bertz CT molecular complexity index is 768. The van der Waals surface area contributed by atoms with Crippen LogP contribution in [0.1, 0.15) is 15.9 Å². The number of hydrogen-bond acceptors (Lipinski definition) is 6. The number of carbonyl (C=O) groups is 1. The predicted octanol–water partition coefficient (Wildman–Crippen LogP) is 3.21. The highest BCUT2D eigenvalue weighted by molar-refractivity contribution is 6.09. The topological polar surface area (TPSA) is 106 Å². The summed E-state index contributed by atoms with van der Waals surface area (Å²) >= 11 is 0. The second-order valence-corrected chi connectivity index (χ2v) is 4.36. The zero-order valence-electron chi connectivity index (χ0n) is 11.8. The first kappa shape index (κ1) is 15.9. The molecule has 2 aromatic carbocycles. The fraction of sp³-hybridized carbons (Fsp3) is 0. The van der Waals surface area contributed by atoms with Gasteiger partial charge in [0.2, 0.25) is 0 Å². The molecule has 0 spiro atoms. The molecule has 0 saturated heterocycles. The number of nitro groups is 1. The summed E-state index contributed by atoms with van der Waals surface area (Å²) in [6.07, 6.45) is 1.30. The van der Waals surface area contributed by atoms with Crippen LogP contribution in [0.25, 0.3) is 0 Å². The molecular weight excluding hydrogens is 300 g/mol. The highest BCUT2D eigenvalue weighted by atomic mass is 16.6. The number of carbonyl (C=O) groups excluding carboxylic acids is 1. The molecule has 7 nitrogen and oxygen atoms in total.